The molecule has 3 rings (SSSR count). The molecule has 2 nitrogen and oxygen atoms in total. The van der Waals surface area contributed by atoms with Crippen LogP contribution in [0.3, 0.4) is 0 Å². The first-order chi connectivity index (χ1) is 10.8. The summed E-state index contributed by atoms with van der Waals surface area (Å²) in [6, 6.07) is 4.42. The van der Waals surface area contributed by atoms with Gasteiger partial charge in [-0.15, -0.1) is 0 Å². The summed E-state index contributed by atoms with van der Waals surface area (Å²) in [5.41, 5.74) is -2.06. The second-order valence-electron chi connectivity index (χ2n) is 5.25. The van der Waals surface area contributed by atoms with Gasteiger partial charge in [0.2, 0.25) is 5.78 Å². The van der Waals surface area contributed by atoms with Crippen molar-refractivity contribution in [2.75, 3.05) is 0 Å². The van der Waals surface area contributed by atoms with Crippen LogP contribution < -0.4 is 4.74 Å². The van der Waals surface area contributed by atoms with Gasteiger partial charge in [-0.1, -0.05) is 15.9 Å². The zero-order valence-corrected chi connectivity index (χ0v) is 13.1. The molecule has 0 amide bonds. The van der Waals surface area contributed by atoms with Crippen LogP contribution in [0, 0.1) is 23.3 Å². The van der Waals surface area contributed by atoms with E-state index in [0.717, 1.165) is 30.3 Å². The number of hydrogen-bond acceptors (Lipinski definition) is 2. The van der Waals surface area contributed by atoms with Gasteiger partial charge in [0, 0.05) is 4.47 Å². The molecule has 0 atom stereocenters. The van der Waals surface area contributed by atoms with E-state index in [-0.39, 0.29) is 17.3 Å². The number of carbonyl (C=O) groups is 1. The van der Waals surface area contributed by atoms with E-state index in [0.29, 0.717) is 0 Å². The van der Waals surface area contributed by atoms with Crippen LogP contribution in [-0.4, -0.2) is 11.4 Å². The molecule has 0 saturated heterocycles. The molecule has 2 aromatic carbocycles. The molecule has 120 valence electrons. The Bertz CT molecular complexity index is 780. The molecule has 0 radical (unpaired) electrons. The Balaban J connectivity index is 1.94. The lowest BCUT2D eigenvalue weighted by Gasteiger charge is -2.18. The van der Waals surface area contributed by atoms with Crippen molar-refractivity contribution < 1.29 is 27.1 Å². The lowest BCUT2D eigenvalue weighted by Crippen LogP contribution is -2.31. The van der Waals surface area contributed by atoms with E-state index in [4.69, 9.17) is 4.74 Å². The molecule has 1 aliphatic carbocycles. The van der Waals surface area contributed by atoms with Gasteiger partial charge in [0.05, 0.1) is 5.56 Å². The maximum absolute atomic E-state index is 13.8. The predicted molar refractivity (Wildman–Crippen MR) is 77.3 cm³/mol. The molecular weight excluding hydrogens is 380 g/mol. The summed E-state index contributed by atoms with van der Waals surface area (Å²) in [6.45, 7) is 0. The molecule has 2 aromatic rings. The molecule has 1 saturated carbocycles. The second-order valence-corrected chi connectivity index (χ2v) is 6.16. The van der Waals surface area contributed by atoms with Crippen LogP contribution in [0.25, 0.3) is 0 Å². The largest absolute Gasteiger partial charge is 0.473 e. The third kappa shape index (κ3) is 2.97. The highest BCUT2D eigenvalue weighted by Crippen LogP contribution is 2.44. The normalized spacial score (nSPS) is 15.3. The van der Waals surface area contributed by atoms with Crippen LogP contribution >= 0.6 is 15.9 Å². The fourth-order valence-corrected chi connectivity index (χ4v) is 2.63. The fraction of sp³-hybridized carbons (Fsp3) is 0.188. The Labute approximate surface area is 137 Å². The van der Waals surface area contributed by atoms with Crippen molar-refractivity contribution in [1.29, 1.82) is 0 Å². The molecule has 0 bridgehead atoms. The summed E-state index contributed by atoms with van der Waals surface area (Å²) >= 11 is 2.93. The second kappa shape index (κ2) is 5.63. The number of carbonyl (C=O) groups excluding carboxylic acids is 1. The summed E-state index contributed by atoms with van der Waals surface area (Å²) < 4.78 is 60.0. The van der Waals surface area contributed by atoms with E-state index in [2.05, 4.69) is 15.9 Å². The first-order valence-electron chi connectivity index (χ1n) is 6.66. The lowest BCUT2D eigenvalue weighted by molar-refractivity contribution is 0.0723. The van der Waals surface area contributed by atoms with Gasteiger partial charge in [-0.25, -0.2) is 17.6 Å². The third-order valence-corrected chi connectivity index (χ3v) is 4.01. The Kier molecular flexibility index (Phi) is 3.91. The standard InChI is InChI=1S/C16H9BrF4O2/c17-8-5-12(20)14(13(21)6-8)23-16(3-4-16)15(22)10-7-9(18)1-2-11(10)19/h1-2,5-7H,3-4H2. The average molecular weight is 389 g/mol. The molecule has 0 heterocycles. The monoisotopic (exact) mass is 388 g/mol. The maximum Gasteiger partial charge on any atom is 0.209 e. The molecule has 0 N–H and O–H groups in total. The van der Waals surface area contributed by atoms with E-state index >= 15 is 0 Å². The lowest BCUT2D eigenvalue weighted by atomic mass is 10.0. The average Bonchev–Trinajstić information content (AvgIpc) is 3.26. The van der Waals surface area contributed by atoms with Gasteiger partial charge in [0.1, 0.15) is 11.6 Å². The van der Waals surface area contributed by atoms with Crippen molar-refractivity contribution in [2.24, 2.45) is 0 Å². The van der Waals surface area contributed by atoms with Gasteiger partial charge in [0.25, 0.3) is 0 Å². The SMILES string of the molecule is O=C(c1cc(F)ccc1F)C1(Oc2c(F)cc(Br)cc2F)CC1. The number of ketones is 1. The van der Waals surface area contributed by atoms with Crippen LogP contribution in [0.1, 0.15) is 23.2 Å². The van der Waals surface area contributed by atoms with Crippen molar-refractivity contribution >= 4 is 21.7 Å². The highest BCUT2D eigenvalue weighted by atomic mass is 79.9. The van der Waals surface area contributed by atoms with Crippen molar-refractivity contribution in [3.05, 3.63) is 63.6 Å². The number of rotatable bonds is 4. The van der Waals surface area contributed by atoms with Crippen molar-refractivity contribution in [2.45, 2.75) is 18.4 Å². The van der Waals surface area contributed by atoms with Crippen LogP contribution in [0.4, 0.5) is 17.6 Å². The smallest absolute Gasteiger partial charge is 0.209 e. The molecular formula is C16H9BrF4O2. The summed E-state index contributed by atoms with van der Waals surface area (Å²) in [5, 5.41) is 0. The molecule has 0 aromatic heterocycles. The summed E-state index contributed by atoms with van der Waals surface area (Å²) in [4.78, 5) is 12.4. The highest BCUT2D eigenvalue weighted by molar-refractivity contribution is 9.10. The molecule has 1 fully saturated rings. The molecule has 0 aliphatic heterocycles. The summed E-state index contributed by atoms with van der Waals surface area (Å²) in [5.74, 6) is -5.23. The van der Waals surface area contributed by atoms with Gasteiger partial charge in [-0.2, -0.15) is 0 Å². The minimum Gasteiger partial charge on any atom is -0.473 e. The number of benzene rings is 2. The number of ether oxygens (including phenoxy) is 1. The quantitative estimate of drug-likeness (QED) is 0.555. The highest BCUT2D eigenvalue weighted by Gasteiger charge is 2.54. The molecule has 1 aliphatic rings. The Morgan fingerprint density at radius 3 is 2.17 bits per heavy atom. The van der Waals surface area contributed by atoms with Crippen molar-refractivity contribution in [3.8, 4) is 5.75 Å². The van der Waals surface area contributed by atoms with Gasteiger partial charge >= 0.3 is 0 Å². The zero-order chi connectivity index (χ0) is 16.8. The first-order valence-corrected chi connectivity index (χ1v) is 7.45. The number of halogens is 5. The molecule has 0 spiro atoms. The topological polar surface area (TPSA) is 26.3 Å². The third-order valence-electron chi connectivity index (χ3n) is 3.55. The zero-order valence-electron chi connectivity index (χ0n) is 11.5. The summed E-state index contributed by atoms with van der Waals surface area (Å²) in [6.07, 6.45) is 0.327. The van der Waals surface area contributed by atoms with Gasteiger partial charge in [-0.3, -0.25) is 4.79 Å². The molecule has 23 heavy (non-hydrogen) atoms. The Morgan fingerprint density at radius 1 is 1.00 bits per heavy atom. The van der Waals surface area contributed by atoms with Gasteiger partial charge in [-0.05, 0) is 43.2 Å². The minimum atomic E-state index is -1.57. The Morgan fingerprint density at radius 2 is 1.61 bits per heavy atom. The predicted octanol–water partition coefficient (Wildman–Crippen LogP) is 4.80. The van der Waals surface area contributed by atoms with Crippen molar-refractivity contribution in [1.82, 2.24) is 0 Å². The van der Waals surface area contributed by atoms with E-state index in [1.807, 2.05) is 0 Å². The molecule has 7 heteroatoms. The van der Waals surface area contributed by atoms with Crippen LogP contribution in [0.2, 0.25) is 0 Å². The van der Waals surface area contributed by atoms with Crippen LogP contribution in [0.5, 0.6) is 5.75 Å². The van der Waals surface area contributed by atoms with Gasteiger partial charge < -0.3 is 4.74 Å². The van der Waals surface area contributed by atoms with E-state index < -0.39 is 46.0 Å². The summed E-state index contributed by atoms with van der Waals surface area (Å²) in [7, 11) is 0. The van der Waals surface area contributed by atoms with Crippen LogP contribution in [-0.2, 0) is 0 Å². The van der Waals surface area contributed by atoms with Crippen molar-refractivity contribution in [3.63, 3.8) is 0 Å². The van der Waals surface area contributed by atoms with E-state index in [1.165, 1.54) is 0 Å². The first kappa shape index (κ1) is 16.0. The van der Waals surface area contributed by atoms with E-state index in [9.17, 15) is 22.4 Å². The maximum atomic E-state index is 13.8. The Hall–Kier alpha value is -1.89. The van der Waals surface area contributed by atoms with Gasteiger partial charge in [0.15, 0.2) is 23.0 Å². The number of hydrogen-bond donors (Lipinski definition) is 0. The van der Waals surface area contributed by atoms with E-state index in [1.54, 1.807) is 0 Å². The van der Waals surface area contributed by atoms with Crippen LogP contribution in [0.15, 0.2) is 34.8 Å². The molecule has 0 unspecified atom stereocenters. The number of Topliss-reactive ketones (excluding diaryl/α,β-unsaturated/α-hetero) is 1. The minimum absolute atomic E-state index is 0.163. The fourth-order valence-electron chi connectivity index (χ4n) is 2.23.